The molecule has 0 atom stereocenters. The molecular formula is C8H13ClN2O2. The Bertz CT molecular complexity index is 200. The average molecular weight is 205 g/mol. The number of hydrogen-bond acceptors (Lipinski definition) is 3. The Kier molecular flexibility index (Phi) is 2.71. The van der Waals surface area contributed by atoms with Gasteiger partial charge in [-0.2, -0.15) is 0 Å². The quantitative estimate of drug-likeness (QED) is 0.457. The molecule has 0 N–H and O–H groups in total. The Morgan fingerprint density at radius 3 is 2.23 bits per heavy atom. The number of carbonyl (C=O) groups is 1. The predicted octanol–water partition coefficient (Wildman–Crippen LogP) is 0.362. The van der Waals surface area contributed by atoms with Crippen molar-refractivity contribution >= 4 is 17.0 Å². The number of hydrogen-bond donors (Lipinski definition) is 0. The third-order valence-electron chi connectivity index (χ3n) is 2.70. The molecule has 2 rings (SSSR count). The standard InChI is InChI=1S/C8H13ClN2O2/c9-8(12)11-3-1-10(2-4-11)7-5-13-6-7/h7H,1-6H2. The van der Waals surface area contributed by atoms with Gasteiger partial charge in [-0.25, -0.2) is 0 Å². The molecule has 2 fully saturated rings. The minimum atomic E-state index is -0.329. The van der Waals surface area contributed by atoms with Crippen molar-refractivity contribution < 1.29 is 9.53 Å². The molecule has 5 heteroatoms. The van der Waals surface area contributed by atoms with Gasteiger partial charge in [0.15, 0.2) is 0 Å². The molecule has 0 unspecified atom stereocenters. The minimum Gasteiger partial charge on any atom is -0.378 e. The van der Waals surface area contributed by atoms with Crippen LogP contribution in [-0.4, -0.2) is 60.6 Å². The van der Waals surface area contributed by atoms with E-state index >= 15 is 0 Å². The van der Waals surface area contributed by atoms with Crippen molar-refractivity contribution in [1.29, 1.82) is 0 Å². The van der Waals surface area contributed by atoms with Crippen molar-refractivity contribution in [1.82, 2.24) is 9.80 Å². The molecule has 13 heavy (non-hydrogen) atoms. The number of piperazine rings is 1. The summed E-state index contributed by atoms with van der Waals surface area (Å²) in [7, 11) is 0. The summed E-state index contributed by atoms with van der Waals surface area (Å²) in [6.45, 7) is 5.03. The highest BCUT2D eigenvalue weighted by molar-refractivity contribution is 6.62. The van der Waals surface area contributed by atoms with E-state index in [0.717, 1.165) is 39.4 Å². The van der Waals surface area contributed by atoms with Crippen LogP contribution in [0.4, 0.5) is 4.79 Å². The molecule has 0 aromatic carbocycles. The lowest BCUT2D eigenvalue weighted by molar-refractivity contribution is -0.0734. The second-order valence-corrected chi connectivity index (χ2v) is 3.79. The Balaban J connectivity index is 1.78. The molecule has 2 heterocycles. The van der Waals surface area contributed by atoms with Gasteiger partial charge >= 0.3 is 5.37 Å². The molecule has 0 bridgehead atoms. The number of carbonyl (C=O) groups excluding carboxylic acids is 1. The third kappa shape index (κ3) is 1.95. The van der Waals surface area contributed by atoms with Crippen LogP contribution in [0.1, 0.15) is 0 Å². The monoisotopic (exact) mass is 204 g/mol. The molecule has 4 nitrogen and oxygen atoms in total. The van der Waals surface area contributed by atoms with E-state index < -0.39 is 0 Å². The SMILES string of the molecule is O=C(Cl)N1CCN(C2COC2)CC1. The maximum Gasteiger partial charge on any atom is 0.316 e. The highest BCUT2D eigenvalue weighted by Gasteiger charge is 2.29. The first-order chi connectivity index (χ1) is 6.27. The molecule has 2 aliphatic rings. The van der Waals surface area contributed by atoms with Crippen LogP contribution in [0.15, 0.2) is 0 Å². The first-order valence-corrected chi connectivity index (χ1v) is 4.91. The maximum absolute atomic E-state index is 10.8. The second kappa shape index (κ2) is 3.82. The van der Waals surface area contributed by atoms with Crippen LogP contribution in [0.3, 0.4) is 0 Å². The summed E-state index contributed by atoms with van der Waals surface area (Å²) < 4.78 is 5.11. The summed E-state index contributed by atoms with van der Waals surface area (Å²) in [6.07, 6.45) is 0. The number of rotatable bonds is 1. The van der Waals surface area contributed by atoms with Gasteiger partial charge in [-0.3, -0.25) is 9.69 Å². The van der Waals surface area contributed by atoms with Crippen LogP contribution < -0.4 is 0 Å². The molecule has 0 radical (unpaired) electrons. The molecule has 2 aliphatic heterocycles. The van der Waals surface area contributed by atoms with E-state index in [9.17, 15) is 4.79 Å². The zero-order valence-corrected chi connectivity index (χ0v) is 8.16. The van der Waals surface area contributed by atoms with E-state index in [1.165, 1.54) is 0 Å². The van der Waals surface area contributed by atoms with E-state index in [0.29, 0.717) is 6.04 Å². The summed E-state index contributed by atoms with van der Waals surface area (Å²) in [5.74, 6) is 0. The van der Waals surface area contributed by atoms with Gasteiger partial charge in [0.25, 0.3) is 0 Å². The molecular weight excluding hydrogens is 192 g/mol. The fourth-order valence-electron chi connectivity index (χ4n) is 1.70. The van der Waals surface area contributed by atoms with E-state index in [2.05, 4.69) is 4.90 Å². The highest BCUT2D eigenvalue weighted by Crippen LogP contribution is 2.13. The van der Waals surface area contributed by atoms with Gasteiger partial charge in [0.05, 0.1) is 19.3 Å². The third-order valence-corrected chi connectivity index (χ3v) is 2.94. The van der Waals surface area contributed by atoms with Crippen LogP contribution in [0.2, 0.25) is 0 Å². The van der Waals surface area contributed by atoms with Gasteiger partial charge in [0, 0.05) is 26.2 Å². The smallest absolute Gasteiger partial charge is 0.316 e. The lowest BCUT2D eigenvalue weighted by Gasteiger charge is -2.41. The van der Waals surface area contributed by atoms with Crippen molar-refractivity contribution in [2.45, 2.75) is 6.04 Å². The normalized spacial score (nSPS) is 25.8. The number of nitrogens with zero attached hydrogens (tertiary/aromatic N) is 2. The van der Waals surface area contributed by atoms with E-state index in [1.54, 1.807) is 4.90 Å². The van der Waals surface area contributed by atoms with Crippen molar-refractivity contribution in [2.24, 2.45) is 0 Å². The zero-order valence-electron chi connectivity index (χ0n) is 7.41. The van der Waals surface area contributed by atoms with Crippen LogP contribution in [-0.2, 0) is 4.74 Å². The Hall–Kier alpha value is -0.320. The maximum atomic E-state index is 10.8. The van der Waals surface area contributed by atoms with Crippen molar-refractivity contribution in [3.8, 4) is 0 Å². The Morgan fingerprint density at radius 2 is 1.85 bits per heavy atom. The molecule has 0 aromatic rings. The first-order valence-electron chi connectivity index (χ1n) is 4.53. The van der Waals surface area contributed by atoms with Gasteiger partial charge in [-0.15, -0.1) is 0 Å². The van der Waals surface area contributed by atoms with Gasteiger partial charge in [0.2, 0.25) is 0 Å². The molecule has 2 saturated heterocycles. The van der Waals surface area contributed by atoms with Crippen LogP contribution >= 0.6 is 11.6 Å². The Morgan fingerprint density at radius 1 is 1.23 bits per heavy atom. The number of halogens is 1. The van der Waals surface area contributed by atoms with Crippen LogP contribution in [0, 0.1) is 0 Å². The largest absolute Gasteiger partial charge is 0.378 e. The predicted molar refractivity (Wildman–Crippen MR) is 49.0 cm³/mol. The molecule has 1 amide bonds. The van der Waals surface area contributed by atoms with Crippen molar-refractivity contribution in [3.63, 3.8) is 0 Å². The molecule has 0 aliphatic carbocycles. The highest BCUT2D eigenvalue weighted by atomic mass is 35.5. The summed E-state index contributed by atoms with van der Waals surface area (Å²) in [6, 6.07) is 0.576. The fourth-order valence-corrected chi connectivity index (χ4v) is 1.87. The zero-order chi connectivity index (χ0) is 9.26. The van der Waals surface area contributed by atoms with Gasteiger partial charge < -0.3 is 9.64 Å². The van der Waals surface area contributed by atoms with Gasteiger partial charge in [-0.05, 0) is 11.6 Å². The van der Waals surface area contributed by atoms with E-state index in [-0.39, 0.29) is 5.37 Å². The summed E-state index contributed by atoms with van der Waals surface area (Å²) in [4.78, 5) is 14.8. The first kappa shape index (κ1) is 9.24. The average Bonchev–Trinajstić information content (AvgIpc) is 2.02. The van der Waals surface area contributed by atoms with Crippen LogP contribution in [0.25, 0.3) is 0 Å². The topological polar surface area (TPSA) is 32.8 Å². The minimum absolute atomic E-state index is 0.329. The van der Waals surface area contributed by atoms with E-state index in [4.69, 9.17) is 16.3 Å². The molecule has 74 valence electrons. The fraction of sp³-hybridized carbons (Fsp3) is 0.875. The lowest BCUT2D eigenvalue weighted by atomic mass is 10.2. The summed E-state index contributed by atoms with van der Waals surface area (Å²) >= 11 is 5.38. The Labute approximate surface area is 82.4 Å². The summed E-state index contributed by atoms with van der Waals surface area (Å²) in [5, 5.41) is -0.329. The van der Waals surface area contributed by atoms with Gasteiger partial charge in [-0.1, -0.05) is 0 Å². The molecule has 0 aromatic heterocycles. The van der Waals surface area contributed by atoms with Crippen molar-refractivity contribution in [2.75, 3.05) is 39.4 Å². The number of amides is 1. The van der Waals surface area contributed by atoms with Gasteiger partial charge in [0.1, 0.15) is 0 Å². The van der Waals surface area contributed by atoms with Crippen molar-refractivity contribution in [3.05, 3.63) is 0 Å². The molecule has 0 saturated carbocycles. The lowest BCUT2D eigenvalue weighted by Crippen LogP contribution is -2.56. The second-order valence-electron chi connectivity index (χ2n) is 3.47. The van der Waals surface area contributed by atoms with E-state index in [1.807, 2.05) is 0 Å². The van der Waals surface area contributed by atoms with Crippen LogP contribution in [0.5, 0.6) is 0 Å². The summed E-state index contributed by atoms with van der Waals surface area (Å²) in [5.41, 5.74) is 0. The number of ether oxygens (including phenoxy) is 1. The molecule has 0 spiro atoms.